The maximum Gasteiger partial charge on any atom is 0.223 e. The van der Waals surface area contributed by atoms with Gasteiger partial charge in [0.25, 0.3) is 0 Å². The summed E-state index contributed by atoms with van der Waals surface area (Å²) >= 11 is 0. The van der Waals surface area contributed by atoms with Crippen LogP contribution in [0.25, 0.3) is 11.3 Å². The van der Waals surface area contributed by atoms with E-state index >= 15 is 0 Å². The number of aryl methyl sites for hydroxylation is 1. The smallest absolute Gasteiger partial charge is 0.223 e. The molecule has 32 heavy (non-hydrogen) atoms. The number of nitrogens with one attached hydrogen (secondary N) is 1. The molecule has 2 fully saturated rings. The van der Waals surface area contributed by atoms with Gasteiger partial charge < -0.3 is 9.73 Å². The highest BCUT2D eigenvalue weighted by Crippen LogP contribution is 2.59. The standard InChI is InChI=1S/C27H31N3O2/c31-26(29-12-2-5-21-8-13-28-14-9-21)24-19-27(24)10-15-30(16-11-27)20-22-4-1-6-23(18-22)25-7-3-17-32-25/h1,3-4,6-9,13-14,17-18,24H,2,5,10-12,15-16,19-20H2,(H,29,31)/t24-/m0/s1. The molecule has 3 aromatic rings. The normalized spacial score (nSPS) is 19.7. The van der Waals surface area contributed by atoms with Gasteiger partial charge in [-0.2, -0.15) is 0 Å². The zero-order valence-corrected chi connectivity index (χ0v) is 18.5. The van der Waals surface area contributed by atoms with E-state index in [0.29, 0.717) is 0 Å². The number of piperidine rings is 1. The quantitative estimate of drug-likeness (QED) is 0.528. The Kier molecular flexibility index (Phi) is 6.08. The van der Waals surface area contributed by atoms with Crippen LogP contribution in [0.3, 0.4) is 0 Å². The highest BCUT2D eigenvalue weighted by atomic mass is 16.3. The maximum atomic E-state index is 12.7. The monoisotopic (exact) mass is 429 g/mol. The molecule has 5 nitrogen and oxygen atoms in total. The molecule has 2 aromatic heterocycles. The van der Waals surface area contributed by atoms with Gasteiger partial charge in [-0.15, -0.1) is 0 Å². The molecule has 166 valence electrons. The number of hydrogen-bond donors (Lipinski definition) is 1. The van der Waals surface area contributed by atoms with E-state index in [1.807, 2.05) is 36.7 Å². The van der Waals surface area contributed by atoms with Crippen LogP contribution in [0.5, 0.6) is 0 Å². The summed E-state index contributed by atoms with van der Waals surface area (Å²) in [5.41, 5.74) is 3.97. The molecule has 1 saturated heterocycles. The molecule has 1 N–H and O–H groups in total. The topological polar surface area (TPSA) is 58.4 Å². The van der Waals surface area contributed by atoms with Gasteiger partial charge in [0.1, 0.15) is 5.76 Å². The summed E-state index contributed by atoms with van der Waals surface area (Å²) in [7, 11) is 0. The fourth-order valence-electron chi connectivity index (χ4n) is 5.13. The van der Waals surface area contributed by atoms with Gasteiger partial charge >= 0.3 is 0 Å². The van der Waals surface area contributed by atoms with E-state index in [-0.39, 0.29) is 17.2 Å². The van der Waals surface area contributed by atoms with E-state index in [1.54, 1.807) is 6.26 Å². The van der Waals surface area contributed by atoms with E-state index in [4.69, 9.17) is 4.42 Å². The highest BCUT2D eigenvalue weighted by Gasteiger charge is 2.58. The number of carbonyl (C=O) groups excluding carboxylic acids is 1. The van der Waals surface area contributed by atoms with Gasteiger partial charge in [0, 0.05) is 37.0 Å². The number of likely N-dealkylation sites (tertiary alicyclic amines) is 1. The minimum absolute atomic E-state index is 0.216. The minimum atomic E-state index is 0.216. The molecule has 5 heteroatoms. The lowest BCUT2D eigenvalue weighted by Gasteiger charge is -2.33. The molecule has 0 radical (unpaired) electrons. The van der Waals surface area contributed by atoms with Crippen molar-refractivity contribution in [1.82, 2.24) is 15.2 Å². The molecule has 1 amide bonds. The number of furan rings is 1. The third kappa shape index (κ3) is 4.78. The van der Waals surface area contributed by atoms with Gasteiger partial charge in [-0.05, 0) is 92.1 Å². The Morgan fingerprint density at radius 3 is 2.72 bits per heavy atom. The van der Waals surface area contributed by atoms with Crippen LogP contribution in [0.2, 0.25) is 0 Å². The van der Waals surface area contributed by atoms with Crippen molar-refractivity contribution in [3.8, 4) is 11.3 Å². The Hall–Kier alpha value is -2.92. The van der Waals surface area contributed by atoms with Crippen LogP contribution in [0.4, 0.5) is 0 Å². The first-order chi connectivity index (χ1) is 15.7. The Morgan fingerprint density at radius 1 is 1.09 bits per heavy atom. The highest BCUT2D eigenvalue weighted by molar-refractivity contribution is 5.82. The molecular formula is C27H31N3O2. The molecule has 5 rings (SSSR count). The summed E-state index contributed by atoms with van der Waals surface area (Å²) in [4.78, 5) is 19.2. The Morgan fingerprint density at radius 2 is 1.94 bits per heavy atom. The third-order valence-electron chi connectivity index (χ3n) is 7.19. The van der Waals surface area contributed by atoms with Crippen LogP contribution in [0, 0.1) is 11.3 Å². The third-order valence-corrected chi connectivity index (χ3v) is 7.19. The Labute approximate surface area is 189 Å². The van der Waals surface area contributed by atoms with E-state index < -0.39 is 0 Å². The number of carbonyl (C=O) groups is 1. The van der Waals surface area contributed by atoms with Gasteiger partial charge in [0.15, 0.2) is 0 Å². The van der Waals surface area contributed by atoms with Crippen molar-refractivity contribution in [3.63, 3.8) is 0 Å². The second kappa shape index (κ2) is 9.29. The van der Waals surface area contributed by atoms with Crippen molar-refractivity contribution in [3.05, 3.63) is 78.3 Å². The zero-order valence-electron chi connectivity index (χ0n) is 18.5. The van der Waals surface area contributed by atoms with Crippen LogP contribution in [0.15, 0.2) is 71.6 Å². The van der Waals surface area contributed by atoms with Crippen molar-refractivity contribution in [2.24, 2.45) is 11.3 Å². The van der Waals surface area contributed by atoms with Crippen molar-refractivity contribution in [2.45, 2.75) is 38.6 Å². The summed E-state index contributed by atoms with van der Waals surface area (Å²) in [6.07, 6.45) is 10.6. The lowest BCUT2D eigenvalue weighted by Crippen LogP contribution is -2.37. The molecule has 2 aliphatic rings. The average Bonchev–Trinajstić information content (AvgIpc) is 3.25. The first-order valence-corrected chi connectivity index (χ1v) is 11.7. The first-order valence-electron chi connectivity index (χ1n) is 11.7. The molecule has 0 unspecified atom stereocenters. The van der Waals surface area contributed by atoms with Gasteiger partial charge in [-0.25, -0.2) is 0 Å². The molecule has 0 bridgehead atoms. The SMILES string of the molecule is O=C(NCCCc1ccncc1)[C@@H]1CC12CCN(Cc1cccc(-c3ccco3)c1)CC2. The molecule has 1 atom stereocenters. The van der Waals surface area contributed by atoms with Gasteiger partial charge in [0.2, 0.25) is 5.91 Å². The lowest BCUT2D eigenvalue weighted by molar-refractivity contribution is -0.123. The predicted molar refractivity (Wildman–Crippen MR) is 125 cm³/mol. The van der Waals surface area contributed by atoms with E-state index in [1.165, 1.54) is 11.1 Å². The summed E-state index contributed by atoms with van der Waals surface area (Å²) in [6, 6.07) is 16.6. The average molecular weight is 430 g/mol. The number of aromatic nitrogens is 1. The fourth-order valence-corrected chi connectivity index (χ4v) is 5.13. The maximum absolute atomic E-state index is 12.7. The first kappa shape index (κ1) is 21.0. The number of nitrogens with zero attached hydrogens (tertiary/aromatic N) is 2. The van der Waals surface area contributed by atoms with Crippen molar-refractivity contribution in [2.75, 3.05) is 19.6 Å². The molecular weight excluding hydrogens is 398 g/mol. The molecule has 1 aliphatic heterocycles. The number of amides is 1. The lowest BCUT2D eigenvalue weighted by atomic mass is 9.90. The summed E-state index contributed by atoms with van der Waals surface area (Å²) in [6.45, 7) is 3.84. The second-order valence-electron chi connectivity index (χ2n) is 9.32. The number of pyridine rings is 1. The second-order valence-corrected chi connectivity index (χ2v) is 9.32. The summed E-state index contributed by atoms with van der Waals surface area (Å²) in [5.74, 6) is 1.39. The van der Waals surface area contributed by atoms with Gasteiger partial charge in [-0.3, -0.25) is 14.7 Å². The number of rotatable bonds is 8. The predicted octanol–water partition coefficient (Wildman–Crippen LogP) is 4.69. The number of hydrogen-bond acceptors (Lipinski definition) is 4. The van der Waals surface area contributed by atoms with E-state index in [9.17, 15) is 4.79 Å². The van der Waals surface area contributed by atoms with Gasteiger partial charge in [-0.1, -0.05) is 18.2 Å². The summed E-state index contributed by atoms with van der Waals surface area (Å²) < 4.78 is 5.54. The molecule has 1 saturated carbocycles. The fraction of sp³-hybridized carbons (Fsp3) is 0.407. The van der Waals surface area contributed by atoms with E-state index in [2.05, 4.69) is 39.5 Å². The van der Waals surface area contributed by atoms with Crippen LogP contribution in [0.1, 0.15) is 36.8 Å². The molecule has 1 aliphatic carbocycles. The molecule has 1 spiro atoms. The van der Waals surface area contributed by atoms with Crippen LogP contribution in [-0.2, 0) is 17.8 Å². The Bertz CT molecular complexity index is 1020. The van der Waals surface area contributed by atoms with Crippen molar-refractivity contribution >= 4 is 5.91 Å². The van der Waals surface area contributed by atoms with Crippen LogP contribution >= 0.6 is 0 Å². The van der Waals surface area contributed by atoms with Crippen molar-refractivity contribution < 1.29 is 9.21 Å². The van der Waals surface area contributed by atoms with Gasteiger partial charge in [0.05, 0.1) is 6.26 Å². The largest absolute Gasteiger partial charge is 0.464 e. The summed E-state index contributed by atoms with van der Waals surface area (Å²) in [5, 5.41) is 3.18. The van der Waals surface area contributed by atoms with E-state index in [0.717, 1.165) is 69.6 Å². The minimum Gasteiger partial charge on any atom is -0.464 e. The van der Waals surface area contributed by atoms with Crippen molar-refractivity contribution in [1.29, 1.82) is 0 Å². The zero-order chi connectivity index (χ0) is 21.8. The Balaban J connectivity index is 1.06. The van der Waals surface area contributed by atoms with Crippen LogP contribution in [-0.4, -0.2) is 35.4 Å². The molecule has 1 aromatic carbocycles. The molecule has 3 heterocycles. The number of benzene rings is 1. The van der Waals surface area contributed by atoms with Crippen LogP contribution < -0.4 is 5.32 Å².